The quantitative estimate of drug-likeness (QED) is 0.751. The number of hydrogen-bond donors (Lipinski definition) is 0. The van der Waals surface area contributed by atoms with E-state index < -0.39 is 11.8 Å². The van der Waals surface area contributed by atoms with Gasteiger partial charge in [0.2, 0.25) is 0 Å². The molecule has 1 unspecified atom stereocenters. The van der Waals surface area contributed by atoms with Crippen LogP contribution in [0.4, 0.5) is 0 Å². The van der Waals surface area contributed by atoms with E-state index in [-0.39, 0.29) is 17.2 Å². The van der Waals surface area contributed by atoms with E-state index in [9.17, 15) is 9.59 Å². The van der Waals surface area contributed by atoms with Crippen molar-refractivity contribution in [2.75, 3.05) is 6.61 Å². The lowest BCUT2D eigenvalue weighted by Gasteiger charge is -2.38. The van der Waals surface area contributed by atoms with Gasteiger partial charge in [0.1, 0.15) is 17.4 Å². The van der Waals surface area contributed by atoms with Crippen molar-refractivity contribution < 1.29 is 18.7 Å². The van der Waals surface area contributed by atoms with Gasteiger partial charge in [-0.3, -0.25) is 14.6 Å². The van der Waals surface area contributed by atoms with E-state index in [2.05, 4.69) is 18.8 Å². The van der Waals surface area contributed by atoms with Crippen molar-refractivity contribution in [3.63, 3.8) is 0 Å². The fraction of sp³-hybridized carbons (Fsp3) is 0.571. The maximum atomic E-state index is 13.0. The summed E-state index contributed by atoms with van der Waals surface area (Å²) in [7, 11) is 0. The third kappa shape index (κ3) is 3.39. The number of furan rings is 1. The van der Waals surface area contributed by atoms with E-state index in [1.807, 2.05) is 32.9 Å². The second-order valence-electron chi connectivity index (χ2n) is 8.13. The first kappa shape index (κ1) is 18.6. The summed E-state index contributed by atoms with van der Waals surface area (Å²) in [5.74, 6) is 0.0404. The first-order valence-electron chi connectivity index (χ1n) is 9.28. The van der Waals surface area contributed by atoms with Gasteiger partial charge >= 0.3 is 5.97 Å². The summed E-state index contributed by atoms with van der Waals surface area (Å²) in [5, 5.41) is 0. The Morgan fingerprint density at radius 1 is 1.31 bits per heavy atom. The first-order chi connectivity index (χ1) is 12.2. The van der Waals surface area contributed by atoms with Gasteiger partial charge in [-0.2, -0.15) is 0 Å². The van der Waals surface area contributed by atoms with Crippen LogP contribution < -0.4 is 0 Å². The van der Waals surface area contributed by atoms with Gasteiger partial charge in [0.15, 0.2) is 5.78 Å². The van der Waals surface area contributed by atoms with Crippen LogP contribution in [0.15, 0.2) is 32.8 Å². The Morgan fingerprint density at radius 3 is 2.65 bits per heavy atom. The van der Waals surface area contributed by atoms with Crippen molar-refractivity contribution in [3.8, 4) is 0 Å². The van der Waals surface area contributed by atoms with Crippen molar-refractivity contribution in [1.82, 2.24) is 0 Å². The Morgan fingerprint density at radius 2 is 2.04 bits per heavy atom. The molecule has 2 atom stereocenters. The first-order valence-corrected chi connectivity index (χ1v) is 9.28. The number of esters is 1. The number of carbonyl (C=O) groups is 2. The molecule has 2 heterocycles. The number of aliphatic imine (C=N–C) groups is 1. The van der Waals surface area contributed by atoms with Gasteiger partial charge in [-0.1, -0.05) is 20.8 Å². The van der Waals surface area contributed by atoms with Crippen molar-refractivity contribution in [3.05, 3.63) is 34.9 Å². The molecule has 140 valence electrons. The summed E-state index contributed by atoms with van der Waals surface area (Å²) in [5.41, 5.74) is 1.98. The molecule has 0 spiro atoms. The zero-order valence-electron chi connectivity index (χ0n) is 16.2. The molecule has 1 aromatic rings. The summed E-state index contributed by atoms with van der Waals surface area (Å²) in [4.78, 5) is 30.5. The fourth-order valence-corrected chi connectivity index (χ4v) is 3.97. The molecule has 0 aromatic carbocycles. The number of rotatable bonds is 4. The predicted octanol–water partition coefficient (Wildman–Crippen LogP) is 4.36. The maximum Gasteiger partial charge on any atom is 0.315 e. The Bertz CT molecular complexity index is 797. The summed E-state index contributed by atoms with van der Waals surface area (Å²) in [6, 6.07) is 3.72. The van der Waals surface area contributed by atoms with Crippen molar-refractivity contribution in [2.45, 2.75) is 59.8 Å². The SMILES string of the molecule is CCCOC(=O)C1C(C)=NC2=C(C(=O)CC(C)(C)C2)[C@@H]1c1ccc(C)o1. The second kappa shape index (κ2) is 6.86. The van der Waals surface area contributed by atoms with Crippen molar-refractivity contribution in [1.29, 1.82) is 0 Å². The lowest BCUT2D eigenvalue weighted by Crippen LogP contribution is -2.39. The van der Waals surface area contributed by atoms with E-state index in [0.717, 1.165) is 24.3 Å². The third-order valence-corrected chi connectivity index (χ3v) is 5.07. The highest BCUT2D eigenvalue weighted by molar-refractivity contribution is 6.08. The summed E-state index contributed by atoms with van der Waals surface area (Å²) in [6.07, 6.45) is 1.92. The smallest absolute Gasteiger partial charge is 0.315 e. The average molecular weight is 357 g/mol. The Kier molecular flexibility index (Phi) is 4.91. The lowest BCUT2D eigenvalue weighted by atomic mass is 9.68. The standard InChI is InChI=1S/C21H27NO4/c1-6-9-25-20(24)17-13(3)22-14-10-21(4,5)11-15(23)18(14)19(17)16-8-7-12(2)26-16/h7-8,17,19H,6,9-11H2,1-5H3/t17?,19-/m1/s1. The van der Waals surface area contributed by atoms with Crippen LogP contribution in [0.2, 0.25) is 0 Å². The molecule has 0 amide bonds. The molecular weight excluding hydrogens is 330 g/mol. The topological polar surface area (TPSA) is 68.9 Å². The van der Waals surface area contributed by atoms with Crippen LogP contribution in [0, 0.1) is 18.3 Å². The fourth-order valence-electron chi connectivity index (χ4n) is 3.97. The van der Waals surface area contributed by atoms with E-state index in [1.165, 1.54) is 0 Å². The van der Waals surface area contributed by atoms with Crippen LogP contribution in [0.3, 0.4) is 0 Å². The van der Waals surface area contributed by atoms with E-state index in [4.69, 9.17) is 9.15 Å². The van der Waals surface area contributed by atoms with Gasteiger partial charge in [0, 0.05) is 23.4 Å². The Balaban J connectivity index is 2.10. The second-order valence-corrected chi connectivity index (χ2v) is 8.13. The van der Waals surface area contributed by atoms with Crippen LogP contribution in [-0.4, -0.2) is 24.1 Å². The predicted molar refractivity (Wildman–Crippen MR) is 99.1 cm³/mol. The molecule has 2 aliphatic rings. The minimum atomic E-state index is -0.615. The highest BCUT2D eigenvalue weighted by atomic mass is 16.5. The summed E-state index contributed by atoms with van der Waals surface area (Å²) in [6.45, 7) is 10.2. The van der Waals surface area contributed by atoms with Gasteiger partial charge in [0.25, 0.3) is 0 Å². The molecule has 0 bridgehead atoms. The van der Waals surface area contributed by atoms with E-state index >= 15 is 0 Å². The lowest BCUT2D eigenvalue weighted by molar-refractivity contribution is -0.146. The van der Waals surface area contributed by atoms with Gasteiger partial charge in [-0.25, -0.2) is 0 Å². The van der Waals surface area contributed by atoms with Crippen LogP contribution in [0.5, 0.6) is 0 Å². The molecule has 0 saturated carbocycles. The molecule has 0 N–H and O–H groups in total. The van der Waals surface area contributed by atoms with Crippen molar-refractivity contribution >= 4 is 17.5 Å². The van der Waals surface area contributed by atoms with Gasteiger partial charge in [-0.15, -0.1) is 0 Å². The summed E-state index contributed by atoms with van der Waals surface area (Å²) >= 11 is 0. The van der Waals surface area contributed by atoms with Gasteiger partial charge in [0.05, 0.1) is 12.5 Å². The number of ketones is 1. The molecule has 1 aromatic heterocycles. The third-order valence-electron chi connectivity index (χ3n) is 5.07. The molecule has 1 aliphatic heterocycles. The van der Waals surface area contributed by atoms with Crippen LogP contribution >= 0.6 is 0 Å². The molecule has 0 saturated heterocycles. The van der Waals surface area contributed by atoms with E-state index in [1.54, 1.807) is 0 Å². The minimum absolute atomic E-state index is 0.0554. The minimum Gasteiger partial charge on any atom is -0.466 e. The number of hydrogen-bond acceptors (Lipinski definition) is 5. The number of ether oxygens (including phenoxy) is 1. The van der Waals surface area contributed by atoms with Crippen LogP contribution in [0.25, 0.3) is 0 Å². The zero-order chi connectivity index (χ0) is 19.1. The number of allylic oxidation sites excluding steroid dienone is 2. The molecule has 0 radical (unpaired) electrons. The molecule has 0 fully saturated rings. The molecule has 5 heteroatoms. The zero-order valence-corrected chi connectivity index (χ0v) is 16.2. The Hall–Kier alpha value is -2.17. The van der Waals surface area contributed by atoms with Crippen LogP contribution in [0.1, 0.15) is 64.4 Å². The molecule has 5 nitrogen and oxygen atoms in total. The normalized spacial score (nSPS) is 25.0. The molecule has 3 rings (SSSR count). The van der Waals surface area contributed by atoms with Gasteiger partial charge in [-0.05, 0) is 44.2 Å². The van der Waals surface area contributed by atoms with Gasteiger partial charge < -0.3 is 9.15 Å². The molecule has 1 aliphatic carbocycles. The maximum absolute atomic E-state index is 13.0. The van der Waals surface area contributed by atoms with Crippen LogP contribution in [-0.2, 0) is 14.3 Å². The monoisotopic (exact) mass is 357 g/mol. The van der Waals surface area contributed by atoms with E-state index in [0.29, 0.717) is 30.1 Å². The number of Topliss-reactive ketones (excluding diaryl/α,β-unsaturated/α-hetero) is 1. The van der Waals surface area contributed by atoms with Crippen molar-refractivity contribution in [2.24, 2.45) is 16.3 Å². The number of aryl methyl sites for hydroxylation is 1. The summed E-state index contributed by atoms with van der Waals surface area (Å²) < 4.78 is 11.3. The molecular formula is C21H27NO4. The number of carbonyl (C=O) groups excluding carboxylic acids is 2. The Labute approximate surface area is 154 Å². The highest BCUT2D eigenvalue weighted by Gasteiger charge is 2.47. The average Bonchev–Trinajstić information content (AvgIpc) is 2.96. The highest BCUT2D eigenvalue weighted by Crippen LogP contribution is 2.48. The number of nitrogens with zero attached hydrogens (tertiary/aromatic N) is 1. The largest absolute Gasteiger partial charge is 0.466 e. The molecule has 26 heavy (non-hydrogen) atoms.